The number of rotatable bonds is 9. The van der Waals surface area contributed by atoms with Crippen molar-refractivity contribution < 1.29 is 18.7 Å². The lowest BCUT2D eigenvalue weighted by atomic mass is 10.2. The van der Waals surface area contributed by atoms with E-state index in [0.29, 0.717) is 31.7 Å². The van der Waals surface area contributed by atoms with Gasteiger partial charge in [0.2, 0.25) is 5.91 Å². The summed E-state index contributed by atoms with van der Waals surface area (Å²) in [4.78, 5) is 24.0. The molecule has 3 rings (SSSR count). The van der Waals surface area contributed by atoms with Gasteiger partial charge in [-0.25, -0.2) is 0 Å². The van der Waals surface area contributed by atoms with Crippen LogP contribution < -0.4 is 15.4 Å². The van der Waals surface area contributed by atoms with Gasteiger partial charge in [0.05, 0.1) is 12.9 Å². The molecule has 0 aliphatic carbocycles. The molecular weight excluding hydrogens is 356 g/mol. The van der Waals surface area contributed by atoms with Gasteiger partial charge in [-0.15, -0.1) is 0 Å². The molecule has 144 valence electrons. The number of amides is 2. The molecule has 0 saturated carbocycles. The van der Waals surface area contributed by atoms with Crippen molar-refractivity contribution in [3.63, 3.8) is 0 Å². The molecule has 0 saturated heterocycles. The average molecular weight is 378 g/mol. The highest BCUT2D eigenvalue weighted by atomic mass is 16.5. The monoisotopic (exact) mass is 378 g/mol. The van der Waals surface area contributed by atoms with E-state index in [1.54, 1.807) is 18.2 Å². The van der Waals surface area contributed by atoms with Crippen LogP contribution in [0.2, 0.25) is 0 Å². The summed E-state index contributed by atoms with van der Waals surface area (Å²) in [7, 11) is 0. The van der Waals surface area contributed by atoms with Crippen LogP contribution in [0.5, 0.6) is 5.75 Å². The van der Waals surface area contributed by atoms with Crippen molar-refractivity contribution in [2.75, 3.05) is 11.9 Å². The maximum atomic E-state index is 12.0. The average Bonchev–Trinajstić information content (AvgIpc) is 3.26. The minimum absolute atomic E-state index is 0.0401. The van der Waals surface area contributed by atoms with Gasteiger partial charge < -0.3 is 19.8 Å². The van der Waals surface area contributed by atoms with E-state index >= 15 is 0 Å². The summed E-state index contributed by atoms with van der Waals surface area (Å²) in [5.41, 5.74) is 1.54. The van der Waals surface area contributed by atoms with E-state index in [9.17, 15) is 9.59 Å². The highest BCUT2D eigenvalue weighted by molar-refractivity contribution is 6.02. The Kier molecular flexibility index (Phi) is 6.84. The second kappa shape index (κ2) is 9.97. The van der Waals surface area contributed by atoms with Crippen LogP contribution in [0.4, 0.5) is 5.69 Å². The van der Waals surface area contributed by atoms with Crippen LogP contribution in [-0.4, -0.2) is 18.4 Å². The SMILES string of the molecule is O=C(CCCOc1ccccc1)NCc1cccc(NC(=O)c2ccco2)c1. The molecule has 1 heterocycles. The maximum absolute atomic E-state index is 12.0. The van der Waals surface area contributed by atoms with E-state index in [1.807, 2.05) is 48.5 Å². The molecule has 3 aromatic rings. The van der Waals surface area contributed by atoms with Crippen molar-refractivity contribution in [3.8, 4) is 5.75 Å². The van der Waals surface area contributed by atoms with Gasteiger partial charge >= 0.3 is 0 Å². The predicted octanol–water partition coefficient (Wildman–Crippen LogP) is 4.01. The van der Waals surface area contributed by atoms with E-state index in [0.717, 1.165) is 11.3 Å². The molecule has 1 aromatic heterocycles. The smallest absolute Gasteiger partial charge is 0.291 e. The van der Waals surface area contributed by atoms with Crippen LogP contribution in [0.15, 0.2) is 77.4 Å². The van der Waals surface area contributed by atoms with Crippen molar-refractivity contribution in [2.24, 2.45) is 0 Å². The van der Waals surface area contributed by atoms with Crippen molar-refractivity contribution in [1.82, 2.24) is 5.32 Å². The third-order valence-corrected chi connectivity index (χ3v) is 3.98. The molecular formula is C22H22N2O4. The molecule has 2 amide bonds. The van der Waals surface area contributed by atoms with Gasteiger partial charge in [-0.2, -0.15) is 0 Å². The van der Waals surface area contributed by atoms with Crippen molar-refractivity contribution in [1.29, 1.82) is 0 Å². The van der Waals surface area contributed by atoms with Gasteiger partial charge in [-0.1, -0.05) is 30.3 Å². The Labute approximate surface area is 163 Å². The molecule has 6 heteroatoms. The number of hydrogen-bond donors (Lipinski definition) is 2. The van der Waals surface area contributed by atoms with Crippen LogP contribution in [0, 0.1) is 0 Å². The molecule has 0 atom stereocenters. The van der Waals surface area contributed by atoms with Crippen LogP contribution in [0.1, 0.15) is 29.0 Å². The fourth-order valence-electron chi connectivity index (χ4n) is 2.59. The van der Waals surface area contributed by atoms with Gasteiger partial charge in [0.15, 0.2) is 5.76 Å². The Hall–Kier alpha value is -3.54. The minimum Gasteiger partial charge on any atom is -0.494 e. The lowest BCUT2D eigenvalue weighted by molar-refractivity contribution is -0.121. The first-order valence-corrected chi connectivity index (χ1v) is 9.09. The lowest BCUT2D eigenvalue weighted by Gasteiger charge is -2.09. The second-order valence-corrected chi connectivity index (χ2v) is 6.17. The molecule has 0 fully saturated rings. The van der Waals surface area contributed by atoms with Crippen molar-refractivity contribution >= 4 is 17.5 Å². The highest BCUT2D eigenvalue weighted by Gasteiger charge is 2.09. The molecule has 0 unspecified atom stereocenters. The van der Waals surface area contributed by atoms with E-state index in [2.05, 4.69) is 10.6 Å². The number of para-hydroxylation sites is 1. The molecule has 2 N–H and O–H groups in total. The van der Waals surface area contributed by atoms with Crippen LogP contribution in [-0.2, 0) is 11.3 Å². The van der Waals surface area contributed by atoms with Crippen LogP contribution in [0.3, 0.4) is 0 Å². The fourth-order valence-corrected chi connectivity index (χ4v) is 2.59. The van der Waals surface area contributed by atoms with Crippen molar-refractivity contribution in [2.45, 2.75) is 19.4 Å². The third-order valence-electron chi connectivity index (χ3n) is 3.98. The van der Waals surface area contributed by atoms with E-state index < -0.39 is 0 Å². The van der Waals surface area contributed by atoms with E-state index in [1.165, 1.54) is 6.26 Å². The number of benzene rings is 2. The highest BCUT2D eigenvalue weighted by Crippen LogP contribution is 2.13. The van der Waals surface area contributed by atoms with Crippen LogP contribution >= 0.6 is 0 Å². The molecule has 2 aromatic carbocycles. The standard InChI is InChI=1S/C22H22N2O4/c25-21(12-6-13-27-19-9-2-1-3-10-19)23-16-17-7-4-8-18(15-17)24-22(26)20-11-5-14-28-20/h1-5,7-11,14-15H,6,12-13,16H2,(H,23,25)(H,24,26). The molecule has 0 spiro atoms. The Balaban J connectivity index is 1.39. The van der Waals surface area contributed by atoms with Gasteiger partial charge in [0.1, 0.15) is 5.75 Å². The fraction of sp³-hybridized carbons (Fsp3) is 0.182. The summed E-state index contributed by atoms with van der Waals surface area (Å²) in [5, 5.41) is 5.65. The molecule has 0 bridgehead atoms. The third kappa shape index (κ3) is 6.02. The first-order chi connectivity index (χ1) is 13.7. The zero-order valence-corrected chi connectivity index (χ0v) is 15.4. The Morgan fingerprint density at radius 1 is 0.964 bits per heavy atom. The first-order valence-electron chi connectivity index (χ1n) is 9.09. The summed E-state index contributed by atoms with van der Waals surface area (Å²) in [6, 6.07) is 20.1. The lowest BCUT2D eigenvalue weighted by Crippen LogP contribution is -2.23. The van der Waals surface area contributed by atoms with Crippen molar-refractivity contribution in [3.05, 3.63) is 84.3 Å². The summed E-state index contributed by atoms with van der Waals surface area (Å²) < 4.78 is 10.6. The van der Waals surface area contributed by atoms with Crippen LogP contribution in [0.25, 0.3) is 0 Å². The quantitative estimate of drug-likeness (QED) is 0.552. The zero-order valence-electron chi connectivity index (χ0n) is 15.4. The molecule has 0 aliphatic heterocycles. The largest absolute Gasteiger partial charge is 0.494 e. The molecule has 28 heavy (non-hydrogen) atoms. The van der Waals surface area contributed by atoms with E-state index in [-0.39, 0.29) is 17.6 Å². The van der Waals surface area contributed by atoms with Gasteiger partial charge in [0, 0.05) is 18.7 Å². The first kappa shape index (κ1) is 19.2. The number of carbonyl (C=O) groups is 2. The number of carbonyl (C=O) groups excluding carboxylic acids is 2. The number of hydrogen-bond acceptors (Lipinski definition) is 4. The summed E-state index contributed by atoms with van der Waals surface area (Å²) in [5.74, 6) is 0.694. The molecule has 0 radical (unpaired) electrons. The Morgan fingerprint density at radius 2 is 1.82 bits per heavy atom. The molecule has 0 aliphatic rings. The van der Waals surface area contributed by atoms with Gasteiger partial charge in [0.25, 0.3) is 5.91 Å². The van der Waals surface area contributed by atoms with Gasteiger partial charge in [-0.3, -0.25) is 9.59 Å². The number of nitrogens with one attached hydrogen (secondary N) is 2. The zero-order chi connectivity index (χ0) is 19.6. The topological polar surface area (TPSA) is 80.6 Å². The minimum atomic E-state index is -0.315. The number of furan rings is 1. The predicted molar refractivity (Wildman–Crippen MR) is 106 cm³/mol. The Bertz CT molecular complexity index is 892. The summed E-state index contributed by atoms with van der Waals surface area (Å²) in [6.45, 7) is 0.883. The summed E-state index contributed by atoms with van der Waals surface area (Å²) >= 11 is 0. The summed E-state index contributed by atoms with van der Waals surface area (Å²) in [6.07, 6.45) is 2.48. The maximum Gasteiger partial charge on any atom is 0.291 e. The molecule has 6 nitrogen and oxygen atoms in total. The normalized spacial score (nSPS) is 10.3. The van der Waals surface area contributed by atoms with E-state index in [4.69, 9.17) is 9.15 Å². The second-order valence-electron chi connectivity index (χ2n) is 6.17. The number of anilines is 1. The Morgan fingerprint density at radius 3 is 2.61 bits per heavy atom. The number of ether oxygens (including phenoxy) is 1. The van der Waals surface area contributed by atoms with Gasteiger partial charge in [-0.05, 0) is 48.4 Å².